The lowest BCUT2D eigenvalue weighted by molar-refractivity contribution is 0.402. The average molecular weight is 284 g/mol. The summed E-state index contributed by atoms with van der Waals surface area (Å²) in [7, 11) is 4.14. The second kappa shape index (κ2) is 5.86. The molecule has 2 nitrogen and oxygen atoms in total. The van der Waals surface area contributed by atoms with Crippen molar-refractivity contribution < 1.29 is 4.39 Å². The molecule has 1 unspecified atom stereocenters. The van der Waals surface area contributed by atoms with Gasteiger partial charge in [-0.1, -0.05) is 18.2 Å². The topological polar surface area (TPSA) is 15.3 Å². The maximum Gasteiger partial charge on any atom is 0.123 e. The highest BCUT2D eigenvalue weighted by Crippen LogP contribution is 2.34. The molecule has 2 aromatic rings. The summed E-state index contributed by atoms with van der Waals surface area (Å²) in [5.74, 6) is -0.137. The van der Waals surface area contributed by atoms with Crippen LogP contribution in [0.2, 0.25) is 0 Å². The van der Waals surface area contributed by atoms with Crippen LogP contribution in [0.4, 0.5) is 10.1 Å². The van der Waals surface area contributed by atoms with E-state index in [1.807, 2.05) is 6.07 Å². The van der Waals surface area contributed by atoms with Crippen molar-refractivity contribution in [2.75, 3.05) is 19.4 Å². The third-order valence-corrected chi connectivity index (χ3v) is 3.98. The predicted octanol–water partition coefficient (Wildman–Crippen LogP) is 3.99. The van der Waals surface area contributed by atoms with Crippen molar-refractivity contribution >= 4 is 5.69 Å². The molecule has 3 heteroatoms. The van der Waals surface area contributed by atoms with Crippen LogP contribution in [0.1, 0.15) is 29.2 Å². The van der Waals surface area contributed by atoms with Gasteiger partial charge in [-0.3, -0.25) is 0 Å². The average Bonchev–Trinajstić information content (AvgIpc) is 2.83. The first-order valence-electron chi connectivity index (χ1n) is 7.40. The van der Waals surface area contributed by atoms with E-state index in [4.69, 9.17) is 0 Å². The fraction of sp³-hybridized carbons (Fsp3) is 0.333. The van der Waals surface area contributed by atoms with Gasteiger partial charge in [0.25, 0.3) is 0 Å². The summed E-state index contributed by atoms with van der Waals surface area (Å²) in [4.78, 5) is 2.16. The molecule has 110 valence electrons. The van der Waals surface area contributed by atoms with E-state index in [1.165, 1.54) is 11.1 Å². The van der Waals surface area contributed by atoms with E-state index in [0.717, 1.165) is 30.6 Å². The zero-order valence-electron chi connectivity index (χ0n) is 12.6. The minimum atomic E-state index is -0.137. The predicted molar refractivity (Wildman–Crippen MR) is 84.9 cm³/mol. The Balaban J connectivity index is 1.71. The number of benzene rings is 2. The second-order valence-corrected chi connectivity index (χ2v) is 6.01. The number of nitrogens with zero attached hydrogens (tertiary/aromatic N) is 1. The molecular formula is C18H21FN2. The molecule has 1 atom stereocenters. The van der Waals surface area contributed by atoms with E-state index in [1.54, 1.807) is 12.1 Å². The number of halogens is 1. The summed E-state index contributed by atoms with van der Waals surface area (Å²) in [5.41, 5.74) is 4.80. The monoisotopic (exact) mass is 284 g/mol. The molecule has 2 aromatic carbocycles. The lowest BCUT2D eigenvalue weighted by Gasteiger charge is -2.16. The van der Waals surface area contributed by atoms with Crippen LogP contribution < -0.4 is 5.32 Å². The summed E-state index contributed by atoms with van der Waals surface area (Å²) in [5, 5.41) is 3.56. The second-order valence-electron chi connectivity index (χ2n) is 6.01. The van der Waals surface area contributed by atoms with Gasteiger partial charge in [-0.05, 0) is 67.9 Å². The first-order chi connectivity index (χ1) is 10.1. The molecule has 1 aliphatic carbocycles. The fourth-order valence-electron chi connectivity index (χ4n) is 3.01. The van der Waals surface area contributed by atoms with Crippen LogP contribution in [0.15, 0.2) is 42.5 Å². The summed E-state index contributed by atoms with van der Waals surface area (Å²) in [6.45, 7) is 0.950. The third-order valence-electron chi connectivity index (χ3n) is 3.98. The summed E-state index contributed by atoms with van der Waals surface area (Å²) in [6, 6.07) is 14.0. The number of aryl methyl sites for hydroxylation is 1. The highest BCUT2D eigenvalue weighted by molar-refractivity contribution is 5.49. The highest BCUT2D eigenvalue weighted by Gasteiger charge is 2.22. The zero-order valence-corrected chi connectivity index (χ0v) is 12.6. The van der Waals surface area contributed by atoms with Crippen molar-refractivity contribution in [3.05, 3.63) is 65.0 Å². The van der Waals surface area contributed by atoms with Gasteiger partial charge in [0, 0.05) is 12.2 Å². The Labute approximate surface area is 125 Å². The van der Waals surface area contributed by atoms with E-state index in [2.05, 4.69) is 48.6 Å². The van der Waals surface area contributed by atoms with Gasteiger partial charge in [0.05, 0.1) is 6.04 Å². The van der Waals surface area contributed by atoms with Crippen molar-refractivity contribution in [1.29, 1.82) is 0 Å². The van der Waals surface area contributed by atoms with Gasteiger partial charge in [0.2, 0.25) is 0 Å². The first kappa shape index (κ1) is 14.1. The van der Waals surface area contributed by atoms with Crippen LogP contribution in [0.5, 0.6) is 0 Å². The number of hydrogen-bond donors (Lipinski definition) is 1. The van der Waals surface area contributed by atoms with E-state index in [-0.39, 0.29) is 5.82 Å². The molecule has 0 aliphatic heterocycles. The van der Waals surface area contributed by atoms with Crippen LogP contribution in [-0.4, -0.2) is 19.0 Å². The van der Waals surface area contributed by atoms with Gasteiger partial charge in [-0.2, -0.15) is 0 Å². The Hall–Kier alpha value is -1.87. The molecule has 21 heavy (non-hydrogen) atoms. The van der Waals surface area contributed by atoms with Crippen LogP contribution in [0, 0.1) is 5.82 Å². The van der Waals surface area contributed by atoms with Crippen LogP contribution in [0.25, 0.3) is 0 Å². The molecule has 0 amide bonds. The Morgan fingerprint density at radius 2 is 1.90 bits per heavy atom. The first-order valence-corrected chi connectivity index (χ1v) is 7.40. The molecule has 0 saturated carbocycles. The quantitative estimate of drug-likeness (QED) is 0.913. The van der Waals surface area contributed by atoms with Crippen molar-refractivity contribution in [3.8, 4) is 0 Å². The summed E-state index contributed by atoms with van der Waals surface area (Å²) < 4.78 is 13.2. The number of hydrogen-bond acceptors (Lipinski definition) is 2. The Morgan fingerprint density at radius 1 is 1.14 bits per heavy atom. The van der Waals surface area contributed by atoms with Crippen molar-refractivity contribution in [1.82, 2.24) is 4.90 Å². The summed E-state index contributed by atoms with van der Waals surface area (Å²) in [6.07, 6.45) is 1.97. The lowest BCUT2D eigenvalue weighted by Crippen LogP contribution is -2.11. The molecule has 0 aromatic heterocycles. The number of nitrogens with one attached hydrogen (secondary N) is 1. The molecule has 0 heterocycles. The molecule has 1 aliphatic rings. The zero-order chi connectivity index (χ0) is 14.8. The molecule has 0 fully saturated rings. The van der Waals surface area contributed by atoms with Gasteiger partial charge in [0.1, 0.15) is 5.82 Å². The molecule has 3 rings (SSSR count). The van der Waals surface area contributed by atoms with Gasteiger partial charge >= 0.3 is 0 Å². The molecule has 1 N–H and O–H groups in total. The van der Waals surface area contributed by atoms with Crippen molar-refractivity contribution in [2.24, 2.45) is 0 Å². The van der Waals surface area contributed by atoms with Crippen molar-refractivity contribution in [2.45, 2.75) is 25.4 Å². The maximum absolute atomic E-state index is 13.2. The fourth-order valence-corrected chi connectivity index (χ4v) is 3.01. The van der Waals surface area contributed by atoms with Gasteiger partial charge in [-0.25, -0.2) is 4.39 Å². The smallest absolute Gasteiger partial charge is 0.123 e. The van der Waals surface area contributed by atoms with Crippen molar-refractivity contribution in [3.63, 3.8) is 0 Å². The third kappa shape index (κ3) is 3.24. The largest absolute Gasteiger partial charge is 0.378 e. The standard InChI is InChI=1S/C18H21FN2/c1-21(2)12-13-3-7-16(8-4-13)20-18-10-5-14-11-15(19)6-9-17(14)18/h3-4,6-9,11,18,20H,5,10,12H2,1-2H3. The Kier molecular flexibility index (Phi) is 3.93. The molecule has 0 bridgehead atoms. The molecule has 0 radical (unpaired) electrons. The van der Waals surface area contributed by atoms with E-state index < -0.39 is 0 Å². The lowest BCUT2D eigenvalue weighted by atomic mass is 10.1. The molecule has 0 saturated heterocycles. The summed E-state index contributed by atoms with van der Waals surface area (Å²) >= 11 is 0. The van der Waals surface area contributed by atoms with Crippen LogP contribution >= 0.6 is 0 Å². The minimum absolute atomic E-state index is 0.137. The van der Waals surface area contributed by atoms with Gasteiger partial charge in [-0.15, -0.1) is 0 Å². The number of rotatable bonds is 4. The van der Waals surface area contributed by atoms with Crippen LogP contribution in [-0.2, 0) is 13.0 Å². The number of fused-ring (bicyclic) bond motifs is 1. The maximum atomic E-state index is 13.2. The molecule has 0 spiro atoms. The minimum Gasteiger partial charge on any atom is -0.378 e. The van der Waals surface area contributed by atoms with Gasteiger partial charge < -0.3 is 10.2 Å². The Morgan fingerprint density at radius 3 is 2.62 bits per heavy atom. The normalized spacial score (nSPS) is 17.0. The van der Waals surface area contributed by atoms with E-state index >= 15 is 0 Å². The number of anilines is 1. The van der Waals surface area contributed by atoms with Crippen LogP contribution in [0.3, 0.4) is 0 Å². The van der Waals surface area contributed by atoms with E-state index in [9.17, 15) is 4.39 Å². The van der Waals surface area contributed by atoms with E-state index in [0.29, 0.717) is 6.04 Å². The van der Waals surface area contributed by atoms with Gasteiger partial charge in [0.15, 0.2) is 0 Å². The highest BCUT2D eigenvalue weighted by atomic mass is 19.1. The Bertz CT molecular complexity index is 620. The SMILES string of the molecule is CN(C)Cc1ccc(NC2CCc3cc(F)ccc32)cc1. The molecular weight excluding hydrogens is 263 g/mol.